The number of aryl methyl sites for hydroxylation is 2. The van der Waals surface area contributed by atoms with Gasteiger partial charge in [-0.1, -0.05) is 55.0 Å². The molecule has 0 heterocycles. The summed E-state index contributed by atoms with van der Waals surface area (Å²) in [7, 11) is -2.55. The van der Waals surface area contributed by atoms with Crippen LogP contribution in [-0.2, 0) is 32.6 Å². The standard InChI is InChI=1S/C30H37N3O5S/c1-6-25-12-8-9-14-28(25)33(39(36,37)27-17-15-22(3)16-18-27)21-29(34)32(23(4)30(35)31-7-2)20-24-11-10-13-26(19-24)38-5/h8-19,23H,6-7,20-21H2,1-5H3,(H,31,35). The van der Waals surface area contributed by atoms with Crippen LogP contribution in [0.4, 0.5) is 5.69 Å². The number of rotatable bonds is 12. The maximum atomic E-state index is 14.0. The highest BCUT2D eigenvalue weighted by Crippen LogP contribution is 2.28. The van der Waals surface area contributed by atoms with E-state index in [1.165, 1.54) is 4.90 Å². The highest BCUT2D eigenvalue weighted by molar-refractivity contribution is 7.92. The number of carbonyl (C=O) groups is 2. The Labute approximate surface area is 231 Å². The second-order valence-corrected chi connectivity index (χ2v) is 11.1. The molecule has 1 atom stereocenters. The van der Waals surface area contributed by atoms with Crippen molar-refractivity contribution in [3.8, 4) is 5.75 Å². The van der Waals surface area contributed by atoms with Gasteiger partial charge in [0.05, 0.1) is 17.7 Å². The predicted octanol–water partition coefficient (Wildman–Crippen LogP) is 4.31. The number of hydrogen-bond donors (Lipinski definition) is 1. The molecule has 0 fully saturated rings. The van der Waals surface area contributed by atoms with Gasteiger partial charge in [-0.25, -0.2) is 8.42 Å². The third kappa shape index (κ3) is 7.17. The first kappa shape index (κ1) is 29.7. The molecule has 39 heavy (non-hydrogen) atoms. The van der Waals surface area contributed by atoms with E-state index in [4.69, 9.17) is 4.74 Å². The zero-order valence-electron chi connectivity index (χ0n) is 23.2. The van der Waals surface area contributed by atoms with Gasteiger partial charge in [0.2, 0.25) is 11.8 Å². The van der Waals surface area contributed by atoms with Crippen molar-refractivity contribution in [1.82, 2.24) is 10.2 Å². The average molecular weight is 552 g/mol. The minimum absolute atomic E-state index is 0.0860. The van der Waals surface area contributed by atoms with Crippen LogP contribution in [0.5, 0.6) is 5.75 Å². The first-order chi connectivity index (χ1) is 18.6. The lowest BCUT2D eigenvalue weighted by Gasteiger charge is -2.32. The first-order valence-electron chi connectivity index (χ1n) is 13.0. The molecule has 3 aromatic carbocycles. The number of methoxy groups -OCH3 is 1. The summed E-state index contributed by atoms with van der Waals surface area (Å²) in [5.41, 5.74) is 2.89. The van der Waals surface area contributed by atoms with Crippen LogP contribution in [0.3, 0.4) is 0 Å². The number of likely N-dealkylation sites (N-methyl/N-ethyl adjacent to an activating group) is 1. The molecule has 0 saturated heterocycles. The van der Waals surface area contributed by atoms with Gasteiger partial charge in [0.15, 0.2) is 0 Å². The van der Waals surface area contributed by atoms with E-state index in [-0.39, 0.29) is 17.3 Å². The van der Waals surface area contributed by atoms with Crippen LogP contribution in [0.1, 0.15) is 37.5 Å². The van der Waals surface area contributed by atoms with Crippen molar-refractivity contribution < 1.29 is 22.7 Å². The van der Waals surface area contributed by atoms with Crippen molar-refractivity contribution in [3.63, 3.8) is 0 Å². The number of benzene rings is 3. The van der Waals surface area contributed by atoms with E-state index in [0.29, 0.717) is 24.4 Å². The van der Waals surface area contributed by atoms with Crippen molar-refractivity contribution in [1.29, 1.82) is 0 Å². The summed E-state index contributed by atoms with van der Waals surface area (Å²) in [6.45, 7) is 7.29. The molecule has 1 N–H and O–H groups in total. The van der Waals surface area contributed by atoms with E-state index >= 15 is 0 Å². The van der Waals surface area contributed by atoms with Crippen molar-refractivity contribution in [2.75, 3.05) is 24.5 Å². The summed E-state index contributed by atoms with van der Waals surface area (Å²) in [5, 5.41) is 2.76. The molecule has 0 spiro atoms. The Morgan fingerprint density at radius 3 is 2.31 bits per heavy atom. The number of hydrogen-bond acceptors (Lipinski definition) is 5. The molecule has 0 bridgehead atoms. The van der Waals surface area contributed by atoms with Gasteiger partial charge in [0.25, 0.3) is 10.0 Å². The van der Waals surface area contributed by atoms with Crippen molar-refractivity contribution in [2.45, 2.75) is 51.6 Å². The number of para-hydroxylation sites is 1. The molecule has 3 aromatic rings. The summed E-state index contributed by atoms with van der Waals surface area (Å²) < 4.78 is 34.4. The number of sulfonamides is 1. The van der Waals surface area contributed by atoms with E-state index in [1.54, 1.807) is 75.6 Å². The first-order valence-corrected chi connectivity index (χ1v) is 14.4. The zero-order valence-corrected chi connectivity index (χ0v) is 24.0. The molecule has 208 valence electrons. The molecule has 0 aliphatic heterocycles. The molecule has 3 rings (SSSR count). The molecule has 0 aliphatic carbocycles. The number of nitrogens with one attached hydrogen (secondary N) is 1. The minimum Gasteiger partial charge on any atom is -0.497 e. The molecule has 9 heteroatoms. The van der Waals surface area contributed by atoms with E-state index < -0.39 is 28.5 Å². The summed E-state index contributed by atoms with van der Waals surface area (Å²) in [6, 6.07) is 20.1. The van der Waals surface area contributed by atoms with Crippen molar-refractivity contribution >= 4 is 27.5 Å². The van der Waals surface area contributed by atoms with Crippen molar-refractivity contribution in [2.24, 2.45) is 0 Å². The Bertz CT molecular complexity index is 1390. The lowest BCUT2D eigenvalue weighted by Crippen LogP contribution is -2.51. The maximum absolute atomic E-state index is 14.0. The average Bonchev–Trinajstić information content (AvgIpc) is 2.94. The summed E-state index contributed by atoms with van der Waals surface area (Å²) in [5.74, 6) is -0.208. The maximum Gasteiger partial charge on any atom is 0.264 e. The quantitative estimate of drug-likeness (QED) is 0.362. The van der Waals surface area contributed by atoms with Gasteiger partial charge in [-0.2, -0.15) is 0 Å². The van der Waals surface area contributed by atoms with Crippen LogP contribution in [0.25, 0.3) is 0 Å². The lowest BCUT2D eigenvalue weighted by molar-refractivity contribution is -0.139. The molecule has 8 nitrogen and oxygen atoms in total. The fourth-order valence-corrected chi connectivity index (χ4v) is 5.73. The molecule has 1 unspecified atom stereocenters. The predicted molar refractivity (Wildman–Crippen MR) is 153 cm³/mol. The number of nitrogens with zero attached hydrogens (tertiary/aromatic N) is 2. The fourth-order valence-electron chi connectivity index (χ4n) is 4.28. The largest absolute Gasteiger partial charge is 0.497 e. The Hall–Kier alpha value is -3.85. The molecule has 2 amide bonds. The smallest absolute Gasteiger partial charge is 0.264 e. The number of ether oxygens (including phenoxy) is 1. The van der Waals surface area contributed by atoms with Gasteiger partial charge >= 0.3 is 0 Å². The SMILES string of the molecule is CCNC(=O)C(C)N(Cc1cccc(OC)c1)C(=O)CN(c1ccccc1CC)S(=O)(=O)c1ccc(C)cc1. The lowest BCUT2D eigenvalue weighted by atomic mass is 10.1. The van der Waals surface area contributed by atoms with Crippen molar-refractivity contribution in [3.05, 3.63) is 89.5 Å². The van der Waals surface area contributed by atoms with E-state index in [2.05, 4.69) is 5.32 Å². The molecule has 0 aliphatic rings. The highest BCUT2D eigenvalue weighted by Gasteiger charge is 2.33. The molecule has 0 aromatic heterocycles. The Balaban J connectivity index is 2.07. The van der Waals surface area contributed by atoms with Crippen LogP contribution < -0.4 is 14.4 Å². The second kappa shape index (κ2) is 13.3. The monoisotopic (exact) mass is 551 g/mol. The van der Waals surface area contributed by atoms with Crippen LogP contribution in [-0.4, -0.2) is 51.4 Å². The molecule has 0 radical (unpaired) electrons. The van der Waals surface area contributed by atoms with E-state index in [0.717, 1.165) is 21.0 Å². The fraction of sp³-hybridized carbons (Fsp3) is 0.333. The third-order valence-corrected chi connectivity index (χ3v) is 8.31. The Morgan fingerprint density at radius 1 is 0.974 bits per heavy atom. The van der Waals surface area contributed by atoms with E-state index in [9.17, 15) is 18.0 Å². The highest BCUT2D eigenvalue weighted by atomic mass is 32.2. The third-order valence-electron chi connectivity index (χ3n) is 6.53. The minimum atomic E-state index is -4.11. The molecular weight excluding hydrogens is 514 g/mol. The van der Waals surface area contributed by atoms with Gasteiger partial charge in [-0.15, -0.1) is 0 Å². The van der Waals surface area contributed by atoms with Crippen LogP contribution in [0, 0.1) is 6.92 Å². The normalized spacial score (nSPS) is 11.9. The Morgan fingerprint density at radius 2 is 1.67 bits per heavy atom. The van der Waals surface area contributed by atoms with Crippen LogP contribution in [0.15, 0.2) is 77.7 Å². The van der Waals surface area contributed by atoms with Gasteiger partial charge in [0.1, 0.15) is 18.3 Å². The molecule has 0 saturated carbocycles. The second-order valence-electron chi connectivity index (χ2n) is 9.25. The number of carbonyl (C=O) groups excluding carboxylic acids is 2. The summed E-state index contributed by atoms with van der Waals surface area (Å²) >= 11 is 0. The number of amides is 2. The van der Waals surface area contributed by atoms with Crippen LogP contribution in [0.2, 0.25) is 0 Å². The van der Waals surface area contributed by atoms with Crippen LogP contribution >= 0.6 is 0 Å². The number of anilines is 1. The summed E-state index contributed by atoms with van der Waals surface area (Å²) in [6.07, 6.45) is 0.577. The van der Waals surface area contributed by atoms with Gasteiger partial charge in [-0.3, -0.25) is 13.9 Å². The van der Waals surface area contributed by atoms with Gasteiger partial charge < -0.3 is 15.0 Å². The van der Waals surface area contributed by atoms with Gasteiger partial charge in [0, 0.05) is 13.1 Å². The van der Waals surface area contributed by atoms with Gasteiger partial charge in [-0.05, 0) is 68.7 Å². The topological polar surface area (TPSA) is 96.0 Å². The molecular formula is C30H37N3O5S. The summed E-state index contributed by atoms with van der Waals surface area (Å²) in [4.78, 5) is 28.3. The zero-order chi connectivity index (χ0) is 28.6. The van der Waals surface area contributed by atoms with E-state index in [1.807, 2.05) is 32.0 Å². The Kier molecular flexibility index (Phi) is 10.1.